The summed E-state index contributed by atoms with van der Waals surface area (Å²) in [6.45, 7) is 2.50. The normalized spacial score (nSPS) is 10.6. The number of carbonyl (C=O) groups excluding carboxylic acids is 1. The van der Waals surface area contributed by atoms with Gasteiger partial charge >= 0.3 is 0 Å². The number of anilines is 1. The molecule has 0 radical (unpaired) electrons. The monoisotopic (exact) mass is 357 g/mol. The van der Waals surface area contributed by atoms with Gasteiger partial charge in [-0.3, -0.25) is 9.59 Å². The summed E-state index contributed by atoms with van der Waals surface area (Å²) < 4.78 is 14.5. The van der Waals surface area contributed by atoms with Crippen molar-refractivity contribution in [3.05, 3.63) is 80.7 Å². The Labute approximate surface area is 148 Å². The maximum atomic E-state index is 13.2. The maximum absolute atomic E-state index is 13.2. The predicted molar refractivity (Wildman–Crippen MR) is 95.4 cm³/mol. The smallest absolute Gasteiger partial charge is 0.279 e. The van der Waals surface area contributed by atoms with Crippen LogP contribution in [-0.2, 0) is 13.1 Å². The van der Waals surface area contributed by atoms with Gasteiger partial charge in [0.05, 0.1) is 6.54 Å². The average molecular weight is 357 g/mol. The van der Waals surface area contributed by atoms with Crippen LogP contribution in [0.3, 0.4) is 0 Å². The van der Waals surface area contributed by atoms with E-state index in [9.17, 15) is 14.0 Å². The van der Waals surface area contributed by atoms with Crippen LogP contribution in [0.1, 0.15) is 22.3 Å². The molecule has 2 aromatic heterocycles. The van der Waals surface area contributed by atoms with E-state index >= 15 is 0 Å². The summed E-state index contributed by atoms with van der Waals surface area (Å²) in [6, 6.07) is 12.3. The van der Waals surface area contributed by atoms with E-state index in [4.69, 9.17) is 0 Å². The summed E-state index contributed by atoms with van der Waals surface area (Å²) in [7, 11) is 0. The molecule has 1 aromatic carbocycles. The van der Waals surface area contributed by atoms with Crippen LogP contribution in [0.15, 0.2) is 58.7 Å². The van der Waals surface area contributed by atoms with E-state index in [1.165, 1.54) is 45.2 Å². The third kappa shape index (κ3) is 3.83. The van der Waals surface area contributed by atoms with Gasteiger partial charge in [0.25, 0.3) is 11.5 Å². The second-order valence-corrected chi connectivity index (χ2v) is 6.35. The fraction of sp³-hybridized carbons (Fsp3) is 0.167. The zero-order valence-corrected chi connectivity index (χ0v) is 14.4. The number of thiophene rings is 1. The number of amides is 1. The molecular formula is C18H16FN3O2S. The van der Waals surface area contributed by atoms with Crippen molar-refractivity contribution in [1.82, 2.24) is 9.78 Å². The van der Waals surface area contributed by atoms with Crippen molar-refractivity contribution in [1.29, 1.82) is 0 Å². The van der Waals surface area contributed by atoms with Gasteiger partial charge in [-0.15, -0.1) is 11.3 Å². The van der Waals surface area contributed by atoms with Gasteiger partial charge < -0.3 is 4.90 Å². The molecule has 0 unspecified atom stereocenters. The van der Waals surface area contributed by atoms with E-state index < -0.39 is 0 Å². The molecule has 0 N–H and O–H groups in total. The topological polar surface area (TPSA) is 55.2 Å². The zero-order valence-electron chi connectivity index (χ0n) is 13.6. The number of benzene rings is 1. The number of aromatic nitrogens is 2. The van der Waals surface area contributed by atoms with Crippen molar-refractivity contribution in [2.75, 3.05) is 4.90 Å². The lowest BCUT2D eigenvalue weighted by molar-refractivity contribution is 0.0978. The average Bonchev–Trinajstić information content (AvgIpc) is 3.14. The van der Waals surface area contributed by atoms with E-state index in [1.54, 1.807) is 19.1 Å². The molecule has 0 spiro atoms. The zero-order chi connectivity index (χ0) is 17.8. The van der Waals surface area contributed by atoms with Crippen LogP contribution in [0.4, 0.5) is 10.1 Å². The minimum atomic E-state index is -0.370. The minimum absolute atomic E-state index is 0.169. The number of nitrogens with zero attached hydrogens (tertiary/aromatic N) is 3. The summed E-state index contributed by atoms with van der Waals surface area (Å²) in [5.41, 5.74) is 0.476. The highest BCUT2D eigenvalue weighted by Gasteiger charge is 2.21. The molecule has 0 aliphatic rings. The molecule has 0 fully saturated rings. The van der Waals surface area contributed by atoms with Gasteiger partial charge in [0.2, 0.25) is 0 Å². The van der Waals surface area contributed by atoms with E-state index in [0.717, 1.165) is 4.88 Å². The summed E-state index contributed by atoms with van der Waals surface area (Å²) in [5, 5.41) is 6.05. The quantitative estimate of drug-likeness (QED) is 0.704. The third-order valence-corrected chi connectivity index (χ3v) is 4.52. The van der Waals surface area contributed by atoms with Crippen LogP contribution >= 0.6 is 11.3 Å². The van der Waals surface area contributed by atoms with Gasteiger partial charge in [-0.2, -0.15) is 5.10 Å². The van der Waals surface area contributed by atoms with E-state index in [-0.39, 0.29) is 23.0 Å². The molecule has 0 saturated carbocycles. The molecule has 0 saturated heterocycles. The largest absolute Gasteiger partial charge is 0.302 e. The summed E-state index contributed by atoms with van der Waals surface area (Å²) in [4.78, 5) is 27.2. The van der Waals surface area contributed by atoms with Crippen molar-refractivity contribution in [3.8, 4) is 0 Å². The van der Waals surface area contributed by atoms with Crippen LogP contribution < -0.4 is 10.5 Å². The lowest BCUT2D eigenvalue weighted by Crippen LogP contribution is -2.33. The number of halogens is 1. The Bertz CT molecular complexity index is 920. The van der Waals surface area contributed by atoms with E-state index in [0.29, 0.717) is 18.8 Å². The van der Waals surface area contributed by atoms with Crippen molar-refractivity contribution >= 4 is 22.9 Å². The lowest BCUT2D eigenvalue weighted by Gasteiger charge is -2.22. The Morgan fingerprint density at radius 1 is 1.20 bits per heavy atom. The summed E-state index contributed by atoms with van der Waals surface area (Å²) in [6.07, 6.45) is 0. The second-order valence-electron chi connectivity index (χ2n) is 5.32. The number of hydrogen-bond donors (Lipinski definition) is 0. The molecule has 0 bridgehead atoms. The first-order valence-corrected chi connectivity index (χ1v) is 8.64. The van der Waals surface area contributed by atoms with Gasteiger partial charge in [-0.25, -0.2) is 9.07 Å². The fourth-order valence-corrected chi connectivity index (χ4v) is 3.08. The molecule has 25 heavy (non-hydrogen) atoms. The number of hydrogen-bond acceptors (Lipinski definition) is 4. The number of rotatable bonds is 5. The van der Waals surface area contributed by atoms with Gasteiger partial charge in [-0.05, 0) is 48.7 Å². The van der Waals surface area contributed by atoms with Crippen LogP contribution in [0.2, 0.25) is 0 Å². The molecule has 1 amide bonds. The van der Waals surface area contributed by atoms with Gasteiger partial charge in [0.15, 0.2) is 0 Å². The van der Waals surface area contributed by atoms with E-state index in [2.05, 4.69) is 5.10 Å². The van der Waals surface area contributed by atoms with Gasteiger partial charge in [-0.1, -0.05) is 6.07 Å². The highest BCUT2D eigenvalue weighted by molar-refractivity contribution is 7.09. The maximum Gasteiger partial charge on any atom is 0.279 e. The summed E-state index contributed by atoms with van der Waals surface area (Å²) in [5.74, 6) is -0.716. The first kappa shape index (κ1) is 17.0. The molecule has 5 nitrogen and oxygen atoms in total. The van der Waals surface area contributed by atoms with Crippen molar-refractivity contribution in [2.45, 2.75) is 20.0 Å². The van der Waals surface area contributed by atoms with Gasteiger partial charge in [0.1, 0.15) is 11.5 Å². The molecule has 0 atom stereocenters. The Morgan fingerprint density at radius 2 is 1.96 bits per heavy atom. The standard InChI is InChI=1S/C18H16FN3O2S/c1-2-22-17(23)10-9-16(20-22)18(24)21(12-15-4-3-11-25-15)14-7-5-13(19)6-8-14/h3-11H,2,12H2,1H3. The molecule has 128 valence electrons. The second kappa shape index (κ2) is 7.40. The highest BCUT2D eigenvalue weighted by atomic mass is 32.1. The molecule has 3 rings (SSSR count). The Morgan fingerprint density at radius 3 is 2.60 bits per heavy atom. The Balaban J connectivity index is 1.99. The van der Waals surface area contributed by atoms with Crippen molar-refractivity contribution in [3.63, 3.8) is 0 Å². The Hall–Kier alpha value is -2.80. The van der Waals surface area contributed by atoms with Crippen LogP contribution in [0.25, 0.3) is 0 Å². The SMILES string of the molecule is CCn1nc(C(=O)N(Cc2cccs2)c2ccc(F)cc2)ccc1=O. The molecule has 0 aliphatic carbocycles. The summed E-state index contributed by atoms with van der Waals surface area (Å²) >= 11 is 1.53. The Kier molecular flexibility index (Phi) is 5.04. The first-order valence-electron chi connectivity index (χ1n) is 7.76. The molecule has 0 aliphatic heterocycles. The minimum Gasteiger partial charge on any atom is -0.302 e. The van der Waals surface area contributed by atoms with Crippen molar-refractivity contribution in [2.24, 2.45) is 0 Å². The number of carbonyl (C=O) groups is 1. The molecular weight excluding hydrogens is 341 g/mol. The van der Waals surface area contributed by atoms with E-state index in [1.807, 2.05) is 17.5 Å². The molecule has 2 heterocycles. The molecule has 3 aromatic rings. The molecule has 7 heteroatoms. The fourth-order valence-electron chi connectivity index (χ4n) is 2.39. The predicted octanol–water partition coefficient (Wildman–Crippen LogP) is 3.31. The van der Waals surface area contributed by atoms with Crippen molar-refractivity contribution < 1.29 is 9.18 Å². The van der Waals surface area contributed by atoms with Crippen LogP contribution in [0.5, 0.6) is 0 Å². The number of aryl methyl sites for hydroxylation is 1. The van der Waals surface area contributed by atoms with Gasteiger partial charge in [0, 0.05) is 23.2 Å². The van der Waals surface area contributed by atoms with Crippen LogP contribution in [-0.4, -0.2) is 15.7 Å². The first-order chi connectivity index (χ1) is 12.1. The third-order valence-electron chi connectivity index (χ3n) is 3.66. The highest BCUT2D eigenvalue weighted by Crippen LogP contribution is 2.22. The lowest BCUT2D eigenvalue weighted by atomic mass is 10.2. The van der Waals surface area contributed by atoms with Crippen LogP contribution in [0, 0.1) is 5.82 Å².